The van der Waals surface area contributed by atoms with E-state index in [1.807, 2.05) is 0 Å². The Hall–Kier alpha value is -2.44. The Balaban J connectivity index is 1.68. The summed E-state index contributed by atoms with van der Waals surface area (Å²) in [6.07, 6.45) is 3.02. The van der Waals surface area contributed by atoms with Crippen molar-refractivity contribution in [3.8, 4) is 0 Å². The Labute approximate surface area is 154 Å². The van der Waals surface area contributed by atoms with E-state index >= 15 is 0 Å². The second-order valence-electron chi connectivity index (χ2n) is 6.27. The van der Waals surface area contributed by atoms with E-state index in [0.717, 1.165) is 19.5 Å². The molecule has 2 aromatic carbocycles. The normalized spacial score (nSPS) is 14.5. The molecule has 0 fully saturated rings. The fourth-order valence-corrected chi connectivity index (χ4v) is 4.22. The first-order chi connectivity index (χ1) is 12.5. The minimum absolute atomic E-state index is 0.130. The van der Waals surface area contributed by atoms with E-state index < -0.39 is 9.84 Å². The first kappa shape index (κ1) is 18.4. The van der Waals surface area contributed by atoms with Crippen molar-refractivity contribution >= 4 is 15.7 Å². The lowest BCUT2D eigenvalue weighted by Gasteiger charge is -2.14. The van der Waals surface area contributed by atoms with Gasteiger partial charge in [-0.2, -0.15) is 0 Å². The van der Waals surface area contributed by atoms with Crippen molar-refractivity contribution in [3.63, 3.8) is 0 Å². The SMILES string of the molecule is O=C(NCC1=CCNCC1)c1cccc(CS(=O)(=O)c2ccccc2)c1. The van der Waals surface area contributed by atoms with Crippen LogP contribution in [0, 0.1) is 0 Å². The Kier molecular flexibility index (Phi) is 5.85. The van der Waals surface area contributed by atoms with Crippen LogP contribution in [0.1, 0.15) is 22.3 Å². The van der Waals surface area contributed by atoms with Crippen LogP contribution in [-0.2, 0) is 15.6 Å². The maximum atomic E-state index is 12.5. The monoisotopic (exact) mass is 370 g/mol. The Morgan fingerprint density at radius 3 is 2.62 bits per heavy atom. The lowest BCUT2D eigenvalue weighted by atomic mass is 10.1. The average molecular weight is 370 g/mol. The Morgan fingerprint density at radius 1 is 1.08 bits per heavy atom. The lowest BCUT2D eigenvalue weighted by molar-refractivity contribution is 0.0956. The van der Waals surface area contributed by atoms with Crippen LogP contribution < -0.4 is 10.6 Å². The van der Waals surface area contributed by atoms with E-state index in [2.05, 4.69) is 16.7 Å². The van der Waals surface area contributed by atoms with Crippen molar-refractivity contribution in [2.24, 2.45) is 0 Å². The topological polar surface area (TPSA) is 75.3 Å². The summed E-state index contributed by atoms with van der Waals surface area (Å²) in [5, 5.41) is 6.14. The molecule has 0 aliphatic carbocycles. The van der Waals surface area contributed by atoms with E-state index in [4.69, 9.17) is 0 Å². The second-order valence-corrected chi connectivity index (χ2v) is 8.26. The summed E-state index contributed by atoms with van der Waals surface area (Å²) < 4.78 is 25.0. The summed E-state index contributed by atoms with van der Waals surface area (Å²) in [6, 6.07) is 15.1. The van der Waals surface area contributed by atoms with Crippen molar-refractivity contribution in [1.29, 1.82) is 0 Å². The molecule has 0 radical (unpaired) electrons. The molecule has 3 rings (SSSR count). The van der Waals surface area contributed by atoms with Crippen LogP contribution in [0.2, 0.25) is 0 Å². The van der Waals surface area contributed by atoms with Crippen molar-refractivity contribution in [2.45, 2.75) is 17.1 Å². The van der Waals surface area contributed by atoms with Gasteiger partial charge in [-0.15, -0.1) is 0 Å². The van der Waals surface area contributed by atoms with Gasteiger partial charge in [-0.25, -0.2) is 8.42 Å². The largest absolute Gasteiger partial charge is 0.348 e. The third-order valence-electron chi connectivity index (χ3n) is 4.28. The summed E-state index contributed by atoms with van der Waals surface area (Å²) in [6.45, 7) is 2.28. The molecular formula is C20H22N2O3S. The summed E-state index contributed by atoms with van der Waals surface area (Å²) in [5.74, 6) is -0.321. The van der Waals surface area contributed by atoms with Gasteiger partial charge in [0, 0.05) is 18.7 Å². The molecule has 0 saturated heterocycles. The second kappa shape index (κ2) is 8.29. The van der Waals surface area contributed by atoms with Gasteiger partial charge in [0.2, 0.25) is 0 Å². The molecule has 1 aliphatic rings. The zero-order chi connectivity index (χ0) is 18.4. The maximum Gasteiger partial charge on any atom is 0.251 e. The van der Waals surface area contributed by atoms with Gasteiger partial charge in [0.15, 0.2) is 9.84 Å². The Morgan fingerprint density at radius 2 is 1.88 bits per heavy atom. The van der Waals surface area contributed by atoms with Gasteiger partial charge < -0.3 is 10.6 Å². The van der Waals surface area contributed by atoms with Gasteiger partial charge in [-0.1, -0.05) is 42.0 Å². The number of nitrogens with one attached hydrogen (secondary N) is 2. The van der Waals surface area contributed by atoms with Crippen LogP contribution >= 0.6 is 0 Å². The van der Waals surface area contributed by atoms with E-state index in [0.29, 0.717) is 17.7 Å². The molecule has 1 heterocycles. The summed E-state index contributed by atoms with van der Waals surface area (Å²) in [4.78, 5) is 12.7. The van der Waals surface area contributed by atoms with E-state index in [1.54, 1.807) is 54.6 Å². The van der Waals surface area contributed by atoms with Crippen LogP contribution in [0.5, 0.6) is 0 Å². The molecule has 0 atom stereocenters. The number of hydrogen-bond acceptors (Lipinski definition) is 4. The van der Waals surface area contributed by atoms with Crippen molar-refractivity contribution in [1.82, 2.24) is 10.6 Å². The minimum Gasteiger partial charge on any atom is -0.348 e. The number of hydrogen-bond donors (Lipinski definition) is 2. The molecule has 0 aromatic heterocycles. The zero-order valence-corrected chi connectivity index (χ0v) is 15.3. The van der Waals surface area contributed by atoms with E-state index in [-0.39, 0.29) is 16.6 Å². The lowest BCUT2D eigenvalue weighted by Crippen LogP contribution is -2.29. The highest BCUT2D eigenvalue weighted by Crippen LogP contribution is 2.17. The standard InChI is InChI=1S/C20H22N2O3S/c23-20(22-14-16-9-11-21-12-10-16)18-6-4-5-17(13-18)15-26(24,25)19-7-2-1-3-8-19/h1-9,13,21H,10-12,14-15H2,(H,22,23). The fourth-order valence-electron chi connectivity index (χ4n) is 2.86. The smallest absolute Gasteiger partial charge is 0.251 e. The molecule has 0 unspecified atom stereocenters. The van der Waals surface area contributed by atoms with Gasteiger partial charge in [0.1, 0.15) is 0 Å². The summed E-state index contributed by atoms with van der Waals surface area (Å²) in [5.41, 5.74) is 2.28. The maximum absolute atomic E-state index is 12.5. The highest BCUT2D eigenvalue weighted by molar-refractivity contribution is 7.90. The number of amides is 1. The molecular weight excluding hydrogens is 348 g/mol. The third-order valence-corrected chi connectivity index (χ3v) is 5.99. The first-order valence-electron chi connectivity index (χ1n) is 8.58. The van der Waals surface area contributed by atoms with Crippen molar-refractivity contribution < 1.29 is 13.2 Å². The molecule has 0 spiro atoms. The van der Waals surface area contributed by atoms with Gasteiger partial charge in [0.05, 0.1) is 10.6 Å². The first-order valence-corrected chi connectivity index (χ1v) is 10.2. The molecule has 0 bridgehead atoms. The highest BCUT2D eigenvalue weighted by atomic mass is 32.2. The van der Waals surface area contributed by atoms with Gasteiger partial charge in [-0.3, -0.25) is 4.79 Å². The van der Waals surface area contributed by atoms with Crippen molar-refractivity contribution in [2.75, 3.05) is 19.6 Å². The number of rotatable bonds is 6. The highest BCUT2D eigenvalue weighted by Gasteiger charge is 2.16. The molecule has 1 aliphatic heterocycles. The predicted octanol–water partition coefficient (Wildman–Crippen LogP) is 2.31. The van der Waals surface area contributed by atoms with Crippen LogP contribution in [0.15, 0.2) is 71.1 Å². The Bertz CT molecular complexity index is 906. The summed E-state index contributed by atoms with van der Waals surface area (Å²) in [7, 11) is -3.43. The number of sulfone groups is 1. The number of benzene rings is 2. The van der Waals surface area contributed by atoms with Crippen LogP contribution in [0.25, 0.3) is 0 Å². The molecule has 1 amide bonds. The van der Waals surface area contributed by atoms with Gasteiger partial charge in [-0.05, 0) is 42.8 Å². The van der Waals surface area contributed by atoms with E-state index in [1.165, 1.54) is 5.57 Å². The summed E-state index contributed by atoms with van der Waals surface area (Å²) >= 11 is 0. The quantitative estimate of drug-likeness (QED) is 0.765. The molecule has 26 heavy (non-hydrogen) atoms. The van der Waals surface area contributed by atoms with Crippen LogP contribution in [-0.4, -0.2) is 34.0 Å². The molecule has 2 aromatic rings. The molecule has 5 nitrogen and oxygen atoms in total. The average Bonchev–Trinajstić information content (AvgIpc) is 2.67. The predicted molar refractivity (Wildman–Crippen MR) is 102 cm³/mol. The molecule has 0 saturated carbocycles. The van der Waals surface area contributed by atoms with Crippen LogP contribution in [0.3, 0.4) is 0 Å². The minimum atomic E-state index is -3.43. The number of carbonyl (C=O) groups excluding carboxylic acids is 1. The van der Waals surface area contributed by atoms with E-state index in [9.17, 15) is 13.2 Å². The third kappa shape index (κ3) is 4.80. The zero-order valence-electron chi connectivity index (χ0n) is 14.4. The number of carbonyl (C=O) groups is 1. The van der Waals surface area contributed by atoms with Gasteiger partial charge >= 0.3 is 0 Å². The van der Waals surface area contributed by atoms with Crippen molar-refractivity contribution in [3.05, 3.63) is 77.4 Å². The fraction of sp³-hybridized carbons (Fsp3) is 0.250. The molecule has 2 N–H and O–H groups in total. The van der Waals surface area contributed by atoms with Crippen LogP contribution in [0.4, 0.5) is 0 Å². The molecule has 6 heteroatoms. The van der Waals surface area contributed by atoms with Gasteiger partial charge in [0.25, 0.3) is 5.91 Å². The molecule has 136 valence electrons.